The molecule has 0 saturated carbocycles. The fourth-order valence-corrected chi connectivity index (χ4v) is 2.15. The van der Waals surface area contributed by atoms with E-state index in [4.69, 9.17) is 10.6 Å². The van der Waals surface area contributed by atoms with Crippen LogP contribution in [0.15, 0.2) is 22.4 Å². The van der Waals surface area contributed by atoms with Gasteiger partial charge in [-0.2, -0.15) is 5.10 Å². The number of hydrogen-bond donors (Lipinski definition) is 1. The second-order valence-corrected chi connectivity index (χ2v) is 4.43. The molecule has 3 aliphatic rings. The van der Waals surface area contributed by atoms with Gasteiger partial charge in [0.05, 0.1) is 0 Å². The monoisotopic (exact) mass is 277 g/mol. The van der Waals surface area contributed by atoms with Crippen LogP contribution >= 0.6 is 0 Å². The van der Waals surface area contributed by atoms with Gasteiger partial charge in [-0.25, -0.2) is 9.80 Å². The molecule has 0 spiro atoms. The van der Waals surface area contributed by atoms with Crippen molar-refractivity contribution < 1.29 is 19.2 Å². The molecular weight excluding hydrogens is 266 g/mol. The van der Waals surface area contributed by atoms with Crippen LogP contribution in [0.5, 0.6) is 0 Å². The van der Waals surface area contributed by atoms with Crippen molar-refractivity contribution in [3.8, 4) is 0 Å². The lowest BCUT2D eigenvalue weighted by Crippen LogP contribution is -2.43. The molecule has 3 heterocycles. The van der Waals surface area contributed by atoms with Gasteiger partial charge in [0.25, 0.3) is 11.8 Å². The third kappa shape index (κ3) is 1.83. The lowest BCUT2D eigenvalue weighted by molar-refractivity contribution is -0.199. The van der Waals surface area contributed by atoms with Crippen LogP contribution in [0.3, 0.4) is 0 Å². The summed E-state index contributed by atoms with van der Waals surface area (Å²) in [5.74, 6) is -2.82. The van der Waals surface area contributed by atoms with Crippen molar-refractivity contribution in [2.75, 3.05) is 0 Å². The number of hydrogen-bond acceptors (Lipinski definition) is 8. The van der Waals surface area contributed by atoms with Crippen LogP contribution in [0, 0.1) is 5.92 Å². The lowest BCUT2D eigenvalue weighted by Gasteiger charge is -2.22. The van der Waals surface area contributed by atoms with Gasteiger partial charge < -0.3 is 10.6 Å². The topological polar surface area (TPSA) is 118 Å². The Labute approximate surface area is 113 Å². The van der Waals surface area contributed by atoms with E-state index in [0.29, 0.717) is 5.06 Å². The Hall–Kier alpha value is -2.71. The quantitative estimate of drug-likeness (QED) is 0.628. The zero-order valence-corrected chi connectivity index (χ0v) is 10.3. The van der Waals surface area contributed by atoms with Gasteiger partial charge in [-0.15, -0.1) is 5.06 Å². The predicted molar refractivity (Wildman–Crippen MR) is 65.6 cm³/mol. The Morgan fingerprint density at radius 1 is 1.35 bits per heavy atom. The summed E-state index contributed by atoms with van der Waals surface area (Å²) in [5.41, 5.74) is 5.69. The molecule has 2 atom stereocenters. The molecular formula is C11H11N5O4. The van der Waals surface area contributed by atoms with Crippen LogP contribution in [0.4, 0.5) is 0 Å². The average Bonchev–Trinajstić information content (AvgIpc) is 2.91. The Bertz CT molecular complexity index is 565. The van der Waals surface area contributed by atoms with Gasteiger partial charge in [0.1, 0.15) is 5.84 Å². The Kier molecular flexibility index (Phi) is 2.74. The van der Waals surface area contributed by atoms with Crippen molar-refractivity contribution in [1.82, 2.24) is 10.1 Å². The van der Waals surface area contributed by atoms with E-state index in [1.54, 1.807) is 12.3 Å². The van der Waals surface area contributed by atoms with Gasteiger partial charge in [0, 0.05) is 25.3 Å². The molecule has 104 valence electrons. The van der Waals surface area contributed by atoms with Crippen LogP contribution in [-0.2, 0) is 19.2 Å². The number of allylic oxidation sites excluding steroid dienone is 1. The van der Waals surface area contributed by atoms with E-state index in [0.717, 1.165) is 0 Å². The van der Waals surface area contributed by atoms with Crippen molar-refractivity contribution in [2.45, 2.75) is 19.0 Å². The molecule has 3 rings (SSSR count). The van der Waals surface area contributed by atoms with Crippen molar-refractivity contribution >= 4 is 29.8 Å². The zero-order valence-electron chi connectivity index (χ0n) is 10.3. The van der Waals surface area contributed by atoms with Crippen molar-refractivity contribution in [3.05, 3.63) is 12.3 Å². The molecule has 20 heavy (non-hydrogen) atoms. The number of nitrogens with zero attached hydrogens (tertiary/aromatic N) is 4. The standard InChI is InChI=1S/C11H11N5O4/c12-9-8(10-13-4-1-5-15(10)14-9)11(19)20-16-6(17)2-3-7(16)18/h1,4-5,8,10H,2-3H2,(H2,12,14). The first-order valence-corrected chi connectivity index (χ1v) is 5.98. The number of imide groups is 1. The molecule has 0 radical (unpaired) electrons. The fraction of sp³-hybridized carbons (Fsp3) is 0.364. The Balaban J connectivity index is 1.76. The number of nitrogens with two attached hydrogens (primary N) is 1. The fourth-order valence-electron chi connectivity index (χ4n) is 2.15. The molecule has 0 aromatic heterocycles. The highest BCUT2D eigenvalue weighted by Gasteiger charge is 2.44. The van der Waals surface area contributed by atoms with Gasteiger partial charge in [0.15, 0.2) is 12.1 Å². The average molecular weight is 277 g/mol. The highest BCUT2D eigenvalue weighted by Crippen LogP contribution is 2.25. The molecule has 1 saturated heterocycles. The molecule has 9 nitrogen and oxygen atoms in total. The van der Waals surface area contributed by atoms with Crippen LogP contribution < -0.4 is 5.73 Å². The van der Waals surface area contributed by atoms with E-state index >= 15 is 0 Å². The molecule has 2 amide bonds. The number of carbonyl (C=O) groups is 3. The van der Waals surface area contributed by atoms with Crippen LogP contribution in [0.1, 0.15) is 12.8 Å². The van der Waals surface area contributed by atoms with Crippen molar-refractivity contribution in [1.29, 1.82) is 0 Å². The number of amides is 2. The maximum Gasteiger partial charge on any atom is 0.347 e. The Morgan fingerprint density at radius 2 is 2.05 bits per heavy atom. The largest absolute Gasteiger partial charge is 0.385 e. The summed E-state index contributed by atoms with van der Waals surface area (Å²) in [6, 6.07) is 0. The zero-order chi connectivity index (χ0) is 14.3. The summed E-state index contributed by atoms with van der Waals surface area (Å²) >= 11 is 0. The van der Waals surface area contributed by atoms with E-state index in [-0.39, 0.29) is 18.7 Å². The highest BCUT2D eigenvalue weighted by atomic mass is 16.7. The SMILES string of the molecule is NC1=NN2C=CC=NC2C1C(=O)ON1C(=O)CCC1=O. The molecule has 0 bridgehead atoms. The summed E-state index contributed by atoms with van der Waals surface area (Å²) in [6.45, 7) is 0. The minimum absolute atomic E-state index is 0.0304. The molecule has 0 aliphatic carbocycles. The summed E-state index contributed by atoms with van der Waals surface area (Å²) < 4.78 is 0. The summed E-state index contributed by atoms with van der Waals surface area (Å²) in [7, 11) is 0. The molecule has 3 aliphatic heterocycles. The molecule has 2 N–H and O–H groups in total. The molecule has 9 heteroatoms. The van der Waals surface area contributed by atoms with E-state index in [1.807, 2.05) is 0 Å². The number of aliphatic imine (C=N–C) groups is 1. The molecule has 0 aromatic rings. The number of rotatable bonds is 2. The second kappa shape index (κ2) is 4.44. The third-order valence-electron chi connectivity index (χ3n) is 3.12. The van der Waals surface area contributed by atoms with Crippen LogP contribution in [-0.4, -0.2) is 46.1 Å². The summed E-state index contributed by atoms with van der Waals surface area (Å²) in [6.07, 6.45) is 4.22. The highest BCUT2D eigenvalue weighted by molar-refractivity contribution is 6.05. The second-order valence-electron chi connectivity index (χ2n) is 4.43. The first-order valence-electron chi connectivity index (χ1n) is 5.98. The first kappa shape index (κ1) is 12.3. The minimum Gasteiger partial charge on any atom is -0.385 e. The maximum absolute atomic E-state index is 12.1. The third-order valence-corrected chi connectivity index (χ3v) is 3.12. The van der Waals surface area contributed by atoms with Crippen molar-refractivity contribution in [3.63, 3.8) is 0 Å². The van der Waals surface area contributed by atoms with Crippen LogP contribution in [0.2, 0.25) is 0 Å². The van der Waals surface area contributed by atoms with Gasteiger partial charge in [0.2, 0.25) is 0 Å². The van der Waals surface area contributed by atoms with Gasteiger partial charge in [-0.05, 0) is 6.08 Å². The van der Waals surface area contributed by atoms with E-state index in [2.05, 4.69) is 10.1 Å². The van der Waals surface area contributed by atoms with Gasteiger partial charge in [-0.3, -0.25) is 14.6 Å². The van der Waals surface area contributed by atoms with Crippen LogP contribution in [0.25, 0.3) is 0 Å². The Morgan fingerprint density at radius 3 is 2.75 bits per heavy atom. The van der Waals surface area contributed by atoms with Crippen molar-refractivity contribution in [2.24, 2.45) is 21.7 Å². The molecule has 0 aromatic carbocycles. The minimum atomic E-state index is -0.947. The number of hydroxylamine groups is 2. The maximum atomic E-state index is 12.1. The number of hydrazone groups is 1. The predicted octanol–water partition coefficient (Wildman–Crippen LogP) is -1.28. The smallest absolute Gasteiger partial charge is 0.347 e. The van der Waals surface area contributed by atoms with E-state index in [1.165, 1.54) is 11.2 Å². The molecule has 1 fully saturated rings. The number of amidine groups is 1. The molecule has 2 unspecified atom stereocenters. The summed E-state index contributed by atoms with van der Waals surface area (Å²) in [5, 5.41) is 5.88. The van der Waals surface area contributed by atoms with Gasteiger partial charge in [-0.1, -0.05) is 0 Å². The first-order chi connectivity index (χ1) is 9.58. The summed E-state index contributed by atoms with van der Waals surface area (Å²) in [4.78, 5) is 43.9. The normalized spacial score (nSPS) is 27.9. The lowest BCUT2D eigenvalue weighted by atomic mass is 10.1. The number of fused-ring (bicyclic) bond motifs is 1. The van der Waals surface area contributed by atoms with E-state index in [9.17, 15) is 14.4 Å². The van der Waals surface area contributed by atoms with E-state index < -0.39 is 29.9 Å². The van der Waals surface area contributed by atoms with Gasteiger partial charge >= 0.3 is 5.97 Å². The number of carbonyl (C=O) groups excluding carboxylic acids is 3.